The Morgan fingerprint density at radius 1 is 0.947 bits per heavy atom. The smallest absolute Gasteiger partial charge is 0.171 e. The van der Waals surface area contributed by atoms with Crippen molar-refractivity contribution in [1.82, 2.24) is 0 Å². The molecule has 0 N–H and O–H groups in total. The van der Waals surface area contributed by atoms with E-state index in [4.69, 9.17) is 4.42 Å². The lowest BCUT2D eigenvalue weighted by atomic mass is 9.97. The van der Waals surface area contributed by atoms with Gasteiger partial charge in [0, 0.05) is 12.0 Å². The molecule has 2 aromatic rings. The van der Waals surface area contributed by atoms with Crippen LogP contribution in [0.25, 0.3) is 0 Å². The zero-order valence-corrected chi connectivity index (χ0v) is 12.3. The molecular weight excluding hydrogens is 236 g/mol. The number of hydrogen-bond donors (Lipinski definition) is 0. The molecule has 0 radical (unpaired) electrons. The number of carbonyl (C=O) groups excluding carboxylic acids is 1. The summed E-state index contributed by atoms with van der Waals surface area (Å²) in [5.41, 5.74) is 5.17. The van der Waals surface area contributed by atoms with Gasteiger partial charge in [0.2, 0.25) is 0 Å². The summed E-state index contributed by atoms with van der Waals surface area (Å²) in [4.78, 5) is 12.4. The van der Waals surface area contributed by atoms with Crippen molar-refractivity contribution in [2.45, 2.75) is 41.0 Å². The Bertz CT molecular complexity index is 613. The normalized spacial score (nSPS) is 10.8. The maximum absolute atomic E-state index is 12.4. The first kappa shape index (κ1) is 13.6. The van der Waals surface area contributed by atoms with E-state index >= 15 is 0 Å². The van der Waals surface area contributed by atoms with Gasteiger partial charge >= 0.3 is 0 Å². The van der Waals surface area contributed by atoms with Crippen molar-refractivity contribution in [1.29, 1.82) is 0 Å². The van der Waals surface area contributed by atoms with Crippen molar-refractivity contribution in [3.05, 3.63) is 57.5 Å². The summed E-state index contributed by atoms with van der Waals surface area (Å²) in [6.45, 7) is 9.81. The van der Waals surface area contributed by atoms with Gasteiger partial charge in [-0.1, -0.05) is 29.3 Å². The predicted molar refractivity (Wildman–Crippen MR) is 76.9 cm³/mol. The lowest BCUT2D eigenvalue weighted by Gasteiger charge is -2.05. The lowest BCUT2D eigenvalue weighted by Crippen LogP contribution is -2.06. The third kappa shape index (κ3) is 2.78. The van der Waals surface area contributed by atoms with Gasteiger partial charge in [-0.2, -0.15) is 0 Å². The highest BCUT2D eigenvalue weighted by atomic mass is 16.3. The second-order valence-corrected chi connectivity index (χ2v) is 5.31. The SMILES string of the molecule is Cc1cc(C)cc(CC(=O)c2c(C)oc(C)c2C)c1. The highest BCUT2D eigenvalue weighted by Crippen LogP contribution is 2.23. The molecule has 2 heteroatoms. The molecule has 0 aliphatic carbocycles. The Labute approximate surface area is 114 Å². The summed E-state index contributed by atoms with van der Waals surface area (Å²) in [5.74, 6) is 1.70. The predicted octanol–water partition coefficient (Wildman–Crippen LogP) is 4.25. The fraction of sp³-hybridized carbons (Fsp3) is 0.353. The van der Waals surface area contributed by atoms with Crippen LogP contribution in [0.15, 0.2) is 22.6 Å². The fourth-order valence-electron chi connectivity index (χ4n) is 2.65. The van der Waals surface area contributed by atoms with Crippen LogP contribution in [0.3, 0.4) is 0 Å². The summed E-state index contributed by atoms with van der Waals surface area (Å²) < 4.78 is 5.53. The van der Waals surface area contributed by atoms with Gasteiger partial charge in [-0.25, -0.2) is 0 Å². The standard InChI is InChI=1S/C17H20O2/c1-10-6-11(2)8-15(7-10)9-16(18)17-12(3)13(4)19-14(17)5/h6-8H,9H2,1-5H3. The van der Waals surface area contributed by atoms with Gasteiger partial charge < -0.3 is 4.42 Å². The Morgan fingerprint density at radius 3 is 2.00 bits per heavy atom. The zero-order valence-electron chi connectivity index (χ0n) is 12.3. The fourth-order valence-corrected chi connectivity index (χ4v) is 2.65. The molecule has 1 heterocycles. The van der Waals surface area contributed by atoms with Gasteiger partial charge in [0.05, 0.1) is 5.56 Å². The first-order valence-electron chi connectivity index (χ1n) is 6.55. The third-order valence-corrected chi connectivity index (χ3v) is 3.49. The van der Waals surface area contributed by atoms with Crippen LogP contribution in [0.4, 0.5) is 0 Å². The maximum Gasteiger partial charge on any atom is 0.171 e. The molecule has 1 aromatic carbocycles. The van der Waals surface area contributed by atoms with E-state index in [9.17, 15) is 4.79 Å². The number of Topliss-reactive ketones (excluding diaryl/α,β-unsaturated/α-hetero) is 1. The lowest BCUT2D eigenvalue weighted by molar-refractivity contribution is 0.0991. The largest absolute Gasteiger partial charge is 0.466 e. The van der Waals surface area contributed by atoms with Crippen LogP contribution in [-0.2, 0) is 6.42 Å². The van der Waals surface area contributed by atoms with E-state index in [1.165, 1.54) is 11.1 Å². The van der Waals surface area contributed by atoms with Crippen molar-refractivity contribution in [3.8, 4) is 0 Å². The molecule has 0 spiro atoms. The molecule has 0 amide bonds. The average molecular weight is 256 g/mol. The molecule has 0 aliphatic rings. The van der Waals surface area contributed by atoms with Crippen molar-refractivity contribution >= 4 is 5.78 Å². The van der Waals surface area contributed by atoms with E-state index in [1.807, 2.05) is 20.8 Å². The summed E-state index contributed by atoms with van der Waals surface area (Å²) in [7, 11) is 0. The number of rotatable bonds is 3. The van der Waals surface area contributed by atoms with Crippen LogP contribution in [0.5, 0.6) is 0 Å². The van der Waals surface area contributed by atoms with Crippen molar-refractivity contribution in [2.24, 2.45) is 0 Å². The Hall–Kier alpha value is -1.83. The van der Waals surface area contributed by atoms with Crippen molar-refractivity contribution < 1.29 is 9.21 Å². The number of aryl methyl sites for hydroxylation is 4. The molecule has 0 atom stereocenters. The minimum Gasteiger partial charge on any atom is -0.466 e. The monoisotopic (exact) mass is 256 g/mol. The second-order valence-electron chi connectivity index (χ2n) is 5.31. The quantitative estimate of drug-likeness (QED) is 0.769. The Balaban J connectivity index is 2.30. The third-order valence-electron chi connectivity index (χ3n) is 3.49. The number of ketones is 1. The van der Waals surface area contributed by atoms with Crippen LogP contribution in [0.2, 0.25) is 0 Å². The number of carbonyl (C=O) groups is 1. The Kier molecular flexibility index (Phi) is 3.61. The van der Waals surface area contributed by atoms with Crippen LogP contribution < -0.4 is 0 Å². The van der Waals surface area contributed by atoms with Gasteiger partial charge in [-0.15, -0.1) is 0 Å². The summed E-state index contributed by atoms with van der Waals surface area (Å²) in [6.07, 6.45) is 0.434. The molecule has 0 unspecified atom stereocenters. The van der Waals surface area contributed by atoms with Gasteiger partial charge in [-0.05, 0) is 40.2 Å². The average Bonchev–Trinajstić information content (AvgIpc) is 2.51. The summed E-state index contributed by atoms with van der Waals surface area (Å²) in [5, 5.41) is 0. The number of hydrogen-bond acceptors (Lipinski definition) is 2. The van der Waals surface area contributed by atoms with E-state index in [0.29, 0.717) is 6.42 Å². The van der Waals surface area contributed by atoms with Crippen LogP contribution >= 0.6 is 0 Å². The summed E-state index contributed by atoms with van der Waals surface area (Å²) in [6, 6.07) is 6.26. The highest BCUT2D eigenvalue weighted by molar-refractivity contribution is 5.99. The molecule has 100 valence electrons. The molecule has 0 aliphatic heterocycles. The van der Waals surface area contributed by atoms with Gasteiger partial charge in [0.15, 0.2) is 5.78 Å². The molecular formula is C17H20O2. The molecule has 2 rings (SSSR count). The van der Waals surface area contributed by atoms with Gasteiger partial charge in [-0.3, -0.25) is 4.79 Å². The molecule has 19 heavy (non-hydrogen) atoms. The number of furan rings is 1. The maximum atomic E-state index is 12.4. The highest BCUT2D eigenvalue weighted by Gasteiger charge is 2.18. The van der Waals surface area contributed by atoms with Gasteiger partial charge in [0.1, 0.15) is 11.5 Å². The first-order chi connectivity index (χ1) is 8.88. The molecule has 0 saturated heterocycles. The van der Waals surface area contributed by atoms with E-state index in [-0.39, 0.29) is 5.78 Å². The van der Waals surface area contributed by atoms with Crippen LogP contribution in [-0.4, -0.2) is 5.78 Å². The van der Waals surface area contributed by atoms with E-state index < -0.39 is 0 Å². The molecule has 0 fully saturated rings. The van der Waals surface area contributed by atoms with Crippen molar-refractivity contribution in [3.63, 3.8) is 0 Å². The molecule has 0 bridgehead atoms. The minimum absolute atomic E-state index is 0.136. The van der Waals surface area contributed by atoms with E-state index in [2.05, 4.69) is 32.0 Å². The topological polar surface area (TPSA) is 30.2 Å². The second kappa shape index (κ2) is 5.04. The Morgan fingerprint density at radius 2 is 1.53 bits per heavy atom. The van der Waals surface area contributed by atoms with Gasteiger partial charge in [0.25, 0.3) is 0 Å². The number of benzene rings is 1. The molecule has 1 aromatic heterocycles. The van der Waals surface area contributed by atoms with Crippen LogP contribution in [0, 0.1) is 34.6 Å². The minimum atomic E-state index is 0.136. The first-order valence-corrected chi connectivity index (χ1v) is 6.55. The van der Waals surface area contributed by atoms with Crippen LogP contribution in [0.1, 0.15) is 44.1 Å². The zero-order chi connectivity index (χ0) is 14.2. The van der Waals surface area contributed by atoms with Crippen molar-refractivity contribution in [2.75, 3.05) is 0 Å². The van der Waals surface area contributed by atoms with E-state index in [0.717, 1.165) is 28.2 Å². The van der Waals surface area contributed by atoms with E-state index in [1.54, 1.807) is 0 Å². The summed E-state index contributed by atoms with van der Waals surface area (Å²) >= 11 is 0. The molecule has 0 saturated carbocycles. The molecule has 2 nitrogen and oxygen atoms in total.